The van der Waals surface area contributed by atoms with Crippen molar-refractivity contribution in [2.45, 2.75) is 37.4 Å². The summed E-state index contributed by atoms with van der Waals surface area (Å²) in [5.74, 6) is -1.91. The Kier molecular flexibility index (Phi) is 5.72. The van der Waals surface area contributed by atoms with E-state index in [9.17, 15) is 27.2 Å². The highest BCUT2D eigenvalue weighted by molar-refractivity contribution is 6.30. The Morgan fingerprint density at radius 2 is 2.09 bits per heavy atom. The standard InChI is InChI=1S/C20H17ClF4N4O3/c21-12-4-3-10(7-13(12)22)17-27-19(32)16-15(9-1-2-9)11(8-29(16)28-17)18(31)26-14(5-6-30)20(23,24)25/h3-4,7-9,14,30H,1-2,5-6H2,(H,26,31)(H,27,28,32). The summed E-state index contributed by atoms with van der Waals surface area (Å²) in [5, 5.41) is 14.9. The summed E-state index contributed by atoms with van der Waals surface area (Å²) in [6.45, 7) is -0.764. The Morgan fingerprint density at radius 1 is 1.38 bits per heavy atom. The number of aliphatic hydroxyl groups excluding tert-OH is 1. The van der Waals surface area contributed by atoms with Crippen molar-refractivity contribution in [1.82, 2.24) is 19.9 Å². The number of fused-ring (bicyclic) bond motifs is 1. The van der Waals surface area contributed by atoms with Crippen molar-refractivity contribution in [2.75, 3.05) is 6.61 Å². The Labute approximate surface area is 183 Å². The molecule has 7 nitrogen and oxygen atoms in total. The number of carbonyl (C=O) groups excluding carboxylic acids is 1. The van der Waals surface area contributed by atoms with Crippen molar-refractivity contribution in [1.29, 1.82) is 0 Å². The van der Waals surface area contributed by atoms with Gasteiger partial charge in [-0.2, -0.15) is 13.2 Å². The van der Waals surface area contributed by atoms with Gasteiger partial charge in [-0.15, -0.1) is 5.10 Å². The van der Waals surface area contributed by atoms with E-state index in [-0.39, 0.29) is 33.4 Å². The van der Waals surface area contributed by atoms with Crippen molar-refractivity contribution < 1.29 is 27.5 Å². The first-order valence-corrected chi connectivity index (χ1v) is 10.1. The summed E-state index contributed by atoms with van der Waals surface area (Å²) >= 11 is 5.68. The van der Waals surface area contributed by atoms with Crippen LogP contribution in [0.25, 0.3) is 16.9 Å². The van der Waals surface area contributed by atoms with Crippen molar-refractivity contribution in [3.63, 3.8) is 0 Å². The second kappa shape index (κ2) is 8.21. The maximum atomic E-state index is 13.8. The molecule has 1 saturated carbocycles. The minimum Gasteiger partial charge on any atom is -0.396 e. The second-order valence-electron chi connectivity index (χ2n) is 7.54. The fraction of sp³-hybridized carbons (Fsp3) is 0.350. The molecule has 12 heteroatoms. The number of alkyl halides is 3. The molecule has 0 spiro atoms. The summed E-state index contributed by atoms with van der Waals surface area (Å²) in [6.07, 6.45) is -2.92. The molecule has 3 N–H and O–H groups in total. The van der Waals surface area contributed by atoms with E-state index in [0.717, 1.165) is 10.6 Å². The number of carbonyl (C=O) groups is 1. The second-order valence-corrected chi connectivity index (χ2v) is 7.94. The van der Waals surface area contributed by atoms with E-state index in [2.05, 4.69) is 10.1 Å². The topological polar surface area (TPSA) is 99.5 Å². The summed E-state index contributed by atoms with van der Waals surface area (Å²) in [5.41, 5.74) is -0.138. The normalized spacial score (nSPS) is 15.2. The summed E-state index contributed by atoms with van der Waals surface area (Å²) in [6, 6.07) is 1.57. The molecule has 170 valence electrons. The molecule has 0 saturated heterocycles. The van der Waals surface area contributed by atoms with Gasteiger partial charge in [0.2, 0.25) is 0 Å². The molecular weight excluding hydrogens is 456 g/mol. The summed E-state index contributed by atoms with van der Waals surface area (Å²) in [4.78, 5) is 28.1. The van der Waals surface area contributed by atoms with Crippen LogP contribution in [0.5, 0.6) is 0 Å². The average Bonchev–Trinajstić information content (AvgIpc) is 3.48. The first-order chi connectivity index (χ1) is 15.1. The van der Waals surface area contributed by atoms with E-state index in [1.165, 1.54) is 18.3 Å². The smallest absolute Gasteiger partial charge is 0.396 e. The molecule has 1 aliphatic rings. The van der Waals surface area contributed by atoms with Crippen LogP contribution in [0.1, 0.15) is 41.1 Å². The molecule has 0 aliphatic heterocycles. The van der Waals surface area contributed by atoms with Crippen molar-refractivity contribution >= 4 is 23.0 Å². The lowest BCUT2D eigenvalue weighted by Crippen LogP contribution is -2.46. The Balaban J connectivity index is 1.79. The molecule has 0 bridgehead atoms. The third-order valence-electron chi connectivity index (χ3n) is 5.22. The van der Waals surface area contributed by atoms with Gasteiger partial charge in [0.25, 0.3) is 11.5 Å². The van der Waals surface area contributed by atoms with E-state index in [0.29, 0.717) is 18.4 Å². The lowest BCUT2D eigenvalue weighted by atomic mass is 10.1. The molecule has 2 heterocycles. The lowest BCUT2D eigenvalue weighted by Gasteiger charge is -2.20. The maximum absolute atomic E-state index is 13.8. The van der Waals surface area contributed by atoms with Crippen LogP contribution in [0.4, 0.5) is 17.6 Å². The monoisotopic (exact) mass is 472 g/mol. The Morgan fingerprint density at radius 3 is 2.69 bits per heavy atom. The molecule has 4 rings (SSSR count). The van der Waals surface area contributed by atoms with Crippen molar-refractivity contribution in [3.05, 3.63) is 56.7 Å². The molecule has 3 aromatic rings. The van der Waals surface area contributed by atoms with E-state index in [4.69, 9.17) is 16.7 Å². The SMILES string of the molecule is O=C(NC(CCO)C(F)(F)F)c1cn2nc(-c3ccc(Cl)c(F)c3)[nH]c(=O)c2c1C1CC1. The molecule has 1 atom stereocenters. The fourth-order valence-corrected chi connectivity index (χ4v) is 3.65. The summed E-state index contributed by atoms with van der Waals surface area (Å²) in [7, 11) is 0. The molecule has 1 aliphatic carbocycles. The van der Waals surface area contributed by atoms with Crippen LogP contribution in [-0.2, 0) is 0 Å². The van der Waals surface area contributed by atoms with E-state index >= 15 is 0 Å². The maximum Gasteiger partial charge on any atom is 0.408 e. The average molecular weight is 473 g/mol. The number of H-pyrrole nitrogens is 1. The van der Waals surface area contributed by atoms with Gasteiger partial charge in [0.15, 0.2) is 5.82 Å². The first-order valence-electron chi connectivity index (χ1n) is 9.69. The van der Waals surface area contributed by atoms with Gasteiger partial charge in [-0.1, -0.05) is 11.6 Å². The van der Waals surface area contributed by atoms with Crippen LogP contribution in [0.3, 0.4) is 0 Å². The minimum atomic E-state index is -4.75. The quantitative estimate of drug-likeness (QED) is 0.479. The van der Waals surface area contributed by atoms with Gasteiger partial charge < -0.3 is 15.4 Å². The number of hydrogen-bond donors (Lipinski definition) is 3. The molecule has 32 heavy (non-hydrogen) atoms. The Bertz CT molecular complexity index is 1250. The molecule has 1 aromatic carbocycles. The van der Waals surface area contributed by atoms with Crippen LogP contribution in [-0.4, -0.2) is 44.4 Å². The van der Waals surface area contributed by atoms with Crippen LogP contribution in [0, 0.1) is 5.82 Å². The molecule has 1 amide bonds. The van der Waals surface area contributed by atoms with E-state index < -0.39 is 42.5 Å². The number of benzene rings is 1. The van der Waals surface area contributed by atoms with Crippen molar-refractivity contribution in [3.8, 4) is 11.4 Å². The van der Waals surface area contributed by atoms with Crippen molar-refractivity contribution in [2.24, 2.45) is 0 Å². The minimum absolute atomic E-state index is 0.00387. The zero-order chi connectivity index (χ0) is 23.2. The first kappa shape index (κ1) is 22.3. The molecular formula is C20H17ClF4N4O3. The van der Waals surface area contributed by atoms with Gasteiger partial charge in [0.05, 0.1) is 10.6 Å². The molecule has 1 fully saturated rings. The van der Waals surface area contributed by atoms with Crippen LogP contribution >= 0.6 is 11.6 Å². The predicted molar refractivity (Wildman–Crippen MR) is 107 cm³/mol. The highest BCUT2D eigenvalue weighted by atomic mass is 35.5. The zero-order valence-electron chi connectivity index (χ0n) is 16.3. The van der Waals surface area contributed by atoms with Gasteiger partial charge in [-0.3, -0.25) is 9.59 Å². The lowest BCUT2D eigenvalue weighted by molar-refractivity contribution is -0.156. The van der Waals surface area contributed by atoms with Crippen LogP contribution in [0.15, 0.2) is 29.2 Å². The van der Waals surface area contributed by atoms with Gasteiger partial charge in [-0.05, 0) is 43.4 Å². The number of nitrogens with one attached hydrogen (secondary N) is 2. The number of rotatable bonds is 6. The summed E-state index contributed by atoms with van der Waals surface area (Å²) < 4.78 is 54.5. The Hall–Kier alpha value is -2.92. The largest absolute Gasteiger partial charge is 0.408 e. The van der Waals surface area contributed by atoms with E-state index in [1.54, 1.807) is 0 Å². The number of aromatic nitrogens is 3. The number of aliphatic hydroxyl groups is 1. The highest BCUT2D eigenvalue weighted by Crippen LogP contribution is 2.43. The fourth-order valence-electron chi connectivity index (χ4n) is 3.53. The van der Waals surface area contributed by atoms with Gasteiger partial charge in [-0.25, -0.2) is 8.91 Å². The molecule has 2 aromatic heterocycles. The molecule has 1 unspecified atom stereocenters. The van der Waals surface area contributed by atoms with Gasteiger partial charge in [0.1, 0.15) is 17.4 Å². The predicted octanol–water partition coefficient (Wildman–Crippen LogP) is 3.40. The number of halogens is 5. The van der Waals surface area contributed by atoms with Gasteiger partial charge in [0, 0.05) is 23.9 Å². The number of amides is 1. The number of aromatic amines is 1. The molecule has 0 radical (unpaired) electrons. The van der Waals surface area contributed by atoms with Crippen LogP contribution in [0.2, 0.25) is 5.02 Å². The van der Waals surface area contributed by atoms with Crippen LogP contribution < -0.4 is 10.9 Å². The number of nitrogens with zero attached hydrogens (tertiary/aromatic N) is 2. The third-order valence-corrected chi connectivity index (χ3v) is 5.53. The van der Waals surface area contributed by atoms with Gasteiger partial charge >= 0.3 is 6.18 Å². The zero-order valence-corrected chi connectivity index (χ0v) is 17.1. The third kappa shape index (κ3) is 4.22. The number of hydrogen-bond acceptors (Lipinski definition) is 4. The highest BCUT2D eigenvalue weighted by Gasteiger charge is 2.41. The van der Waals surface area contributed by atoms with E-state index in [1.807, 2.05) is 5.32 Å².